The highest BCUT2D eigenvalue weighted by atomic mass is 19.4. The van der Waals surface area contributed by atoms with Crippen LogP contribution in [0.1, 0.15) is 181 Å². The number of carbonyl (C=O) groups excluding carboxylic acids is 10. The van der Waals surface area contributed by atoms with Crippen molar-refractivity contribution in [2.24, 2.45) is 50.3 Å². The number of rotatable bonds is 49. The lowest BCUT2D eigenvalue weighted by atomic mass is 10.0. The van der Waals surface area contributed by atoms with E-state index in [9.17, 15) is 71.0 Å². The number of alkyl halides is 3. The molecule has 0 radical (unpaired) electrons. The van der Waals surface area contributed by atoms with Gasteiger partial charge in [0.25, 0.3) is 0 Å². The lowest BCUT2D eigenvalue weighted by Crippen LogP contribution is -2.58. The van der Waals surface area contributed by atoms with Crippen molar-refractivity contribution in [3.05, 3.63) is 35.9 Å². The highest BCUT2D eigenvalue weighted by Gasteiger charge is 2.38. The molecule has 0 aliphatic heterocycles. The number of nitrogens with zero attached hydrogens (tertiary/aromatic N) is 2. The maximum atomic E-state index is 14.1. The number of guanidine groups is 2. The average molecular weight is 1370 g/mol. The van der Waals surface area contributed by atoms with E-state index in [4.69, 9.17) is 44.3 Å². The molecule has 31 nitrogen and oxygen atoms in total. The SMILES string of the molecule is CCCCCCCCCCCCCC(=O)N[C@@H](Cc1ccccc1)C(=O)N[C@@H](C)C(=O)N[C@@H](CCCN=C(N)N)C(=O)N[C@@H](CCCCN)C(=O)NCC(=O)N[C@@H](C)C(=O)N[C@@H](CC(C)C)C(=O)N[C@@H](CCCN=C(N)N)C(=O)N[C@@H](CCC(N)=O)C(=O)O.O=C(O)C(F)(F)F. The van der Waals surface area contributed by atoms with Crippen molar-refractivity contribution >= 4 is 82.9 Å². The Morgan fingerprint density at radius 3 is 1.35 bits per heavy atom. The van der Waals surface area contributed by atoms with Crippen LogP contribution in [0.5, 0.6) is 0 Å². The zero-order chi connectivity index (χ0) is 72.8. The zero-order valence-electron chi connectivity index (χ0n) is 56.0. The Kier molecular flexibility index (Phi) is 45.1. The van der Waals surface area contributed by atoms with Crippen molar-refractivity contribution in [3.63, 3.8) is 0 Å². The molecule has 0 bridgehead atoms. The van der Waals surface area contributed by atoms with E-state index in [1.54, 1.807) is 13.8 Å². The van der Waals surface area contributed by atoms with Gasteiger partial charge >= 0.3 is 18.1 Å². The van der Waals surface area contributed by atoms with Gasteiger partial charge in [-0.25, -0.2) is 9.59 Å². The van der Waals surface area contributed by atoms with Crippen molar-refractivity contribution in [1.82, 2.24) is 47.9 Å². The summed E-state index contributed by atoms with van der Waals surface area (Å²) in [4.78, 5) is 163. The Morgan fingerprint density at radius 2 is 0.896 bits per heavy atom. The third-order valence-corrected chi connectivity index (χ3v) is 14.5. The number of carboxylic acid groups (broad SMARTS) is 2. The molecule has 96 heavy (non-hydrogen) atoms. The third-order valence-electron chi connectivity index (χ3n) is 14.5. The molecule has 0 saturated heterocycles. The van der Waals surface area contributed by atoms with Crippen molar-refractivity contribution in [2.75, 3.05) is 26.2 Å². The van der Waals surface area contributed by atoms with Gasteiger partial charge < -0.3 is 92.5 Å². The van der Waals surface area contributed by atoms with Gasteiger partial charge in [0.2, 0.25) is 59.1 Å². The normalized spacial score (nSPS) is 13.5. The van der Waals surface area contributed by atoms with Gasteiger partial charge in [0.15, 0.2) is 11.9 Å². The molecule has 0 spiro atoms. The summed E-state index contributed by atoms with van der Waals surface area (Å²) in [5, 5.41) is 40.1. The molecule has 0 unspecified atom stereocenters. The summed E-state index contributed by atoms with van der Waals surface area (Å²) in [7, 11) is 0. The maximum absolute atomic E-state index is 14.1. The van der Waals surface area contributed by atoms with Crippen LogP contribution in [-0.2, 0) is 64.0 Å². The number of amides is 10. The van der Waals surface area contributed by atoms with E-state index < -0.39 is 126 Å². The van der Waals surface area contributed by atoms with Gasteiger partial charge in [0.05, 0.1) is 6.54 Å². The van der Waals surface area contributed by atoms with Crippen molar-refractivity contribution in [1.29, 1.82) is 0 Å². The first-order valence-electron chi connectivity index (χ1n) is 32.6. The highest BCUT2D eigenvalue weighted by Crippen LogP contribution is 2.15. The molecule has 1 aromatic carbocycles. The van der Waals surface area contributed by atoms with Gasteiger partial charge in [-0.15, -0.1) is 0 Å². The van der Waals surface area contributed by atoms with E-state index in [1.165, 1.54) is 52.4 Å². The van der Waals surface area contributed by atoms with Gasteiger partial charge in [-0.05, 0) is 96.1 Å². The third kappa shape index (κ3) is 42.5. The molecule has 0 heterocycles. The highest BCUT2D eigenvalue weighted by molar-refractivity contribution is 5.98. The molecule has 1 aromatic rings. The van der Waals surface area contributed by atoms with Crippen LogP contribution in [-0.4, -0.2) is 174 Å². The number of aliphatic carboxylic acids is 2. The van der Waals surface area contributed by atoms with Crippen LogP contribution < -0.4 is 82.3 Å². The zero-order valence-corrected chi connectivity index (χ0v) is 56.0. The summed E-state index contributed by atoms with van der Waals surface area (Å²) in [5.74, 6) is -12.3. The van der Waals surface area contributed by atoms with Crippen molar-refractivity contribution in [2.45, 2.75) is 237 Å². The number of carboxylic acids is 2. The fourth-order valence-corrected chi connectivity index (χ4v) is 9.27. The molecular weight excluding hydrogens is 1260 g/mol. The number of primary amides is 1. The minimum absolute atomic E-state index is 0.0244. The average Bonchev–Trinajstić information content (AvgIpc) is 1.28. The van der Waals surface area contributed by atoms with Gasteiger partial charge in [0.1, 0.15) is 48.3 Å². The van der Waals surface area contributed by atoms with E-state index >= 15 is 0 Å². The van der Waals surface area contributed by atoms with Gasteiger partial charge in [-0.3, -0.25) is 57.9 Å². The van der Waals surface area contributed by atoms with E-state index in [1.807, 2.05) is 30.3 Å². The predicted octanol–water partition coefficient (Wildman–Crippen LogP) is 0.230. The summed E-state index contributed by atoms with van der Waals surface area (Å²) in [6.07, 6.45) is 8.09. The van der Waals surface area contributed by atoms with E-state index in [2.05, 4.69) is 64.8 Å². The number of aliphatic imine (C=N–C) groups is 2. The van der Waals surface area contributed by atoms with Gasteiger partial charge in [0, 0.05) is 32.4 Å². The summed E-state index contributed by atoms with van der Waals surface area (Å²) < 4.78 is 31.7. The fraction of sp³-hybridized carbons (Fsp3) is 0.677. The predicted molar refractivity (Wildman–Crippen MR) is 353 cm³/mol. The lowest BCUT2D eigenvalue weighted by Gasteiger charge is -2.26. The number of hydrogen-bond donors (Lipinski definition) is 17. The fourth-order valence-electron chi connectivity index (χ4n) is 9.27. The molecule has 0 aliphatic carbocycles. The van der Waals surface area contributed by atoms with E-state index in [-0.39, 0.29) is 108 Å². The second kappa shape index (κ2) is 49.7. The van der Waals surface area contributed by atoms with Crippen molar-refractivity contribution < 1.29 is 80.9 Å². The molecule has 0 aliphatic rings. The van der Waals surface area contributed by atoms with Crippen molar-refractivity contribution in [3.8, 4) is 0 Å². The van der Waals surface area contributed by atoms with Gasteiger partial charge in [-0.2, -0.15) is 13.2 Å². The van der Waals surface area contributed by atoms with Crippen LogP contribution >= 0.6 is 0 Å². The number of nitrogens with one attached hydrogen (secondary N) is 9. The van der Waals surface area contributed by atoms with Crippen LogP contribution in [0.2, 0.25) is 0 Å². The van der Waals surface area contributed by atoms with Gasteiger partial charge in [-0.1, -0.05) is 115 Å². The molecule has 0 aromatic heterocycles. The molecule has 10 amide bonds. The quantitative estimate of drug-likeness (QED) is 0.0236. The molecule has 0 fully saturated rings. The summed E-state index contributed by atoms with van der Waals surface area (Å²) in [6, 6.07) is -1.15. The number of nitrogens with two attached hydrogens (primary N) is 6. The Hall–Kier alpha value is -8.85. The van der Waals surface area contributed by atoms with Crippen LogP contribution in [0.3, 0.4) is 0 Å². The Bertz CT molecular complexity index is 2650. The molecule has 34 heteroatoms. The molecule has 8 atom stereocenters. The Balaban J connectivity index is 0.0000121. The maximum Gasteiger partial charge on any atom is 0.490 e. The molecule has 544 valence electrons. The summed E-state index contributed by atoms with van der Waals surface area (Å²) in [5.41, 5.74) is 33.6. The first-order valence-corrected chi connectivity index (χ1v) is 32.6. The number of benzene rings is 1. The minimum atomic E-state index is -5.08. The second-order valence-corrected chi connectivity index (χ2v) is 23.6. The first kappa shape index (κ1) is 87.2. The smallest absolute Gasteiger partial charge is 0.480 e. The monoisotopic (exact) mass is 1370 g/mol. The summed E-state index contributed by atoms with van der Waals surface area (Å²) in [6.45, 7) is 8.19. The largest absolute Gasteiger partial charge is 0.490 e. The minimum Gasteiger partial charge on any atom is -0.480 e. The summed E-state index contributed by atoms with van der Waals surface area (Å²) >= 11 is 0. The first-order chi connectivity index (χ1) is 45.2. The number of carbonyl (C=O) groups is 12. The van der Waals surface area contributed by atoms with Crippen LogP contribution in [0.15, 0.2) is 40.3 Å². The van der Waals surface area contributed by atoms with E-state index in [0.29, 0.717) is 19.3 Å². The topological polar surface area (TPSA) is 534 Å². The van der Waals surface area contributed by atoms with Crippen LogP contribution in [0, 0.1) is 5.92 Å². The standard InChI is InChI=1S/C60H105N17O12.C2HF3O2/c1-6-7-8-9-10-11-12-13-14-15-19-29-49(79)72-47(36-41-24-17-16-18-25-41)56(86)71-40(5)52(82)73-43(27-22-33-67-59(63)64)54(84)74-42(26-20-21-32-61)53(83)69-37-50(80)70-39(4)51(81)77-46(35-38(2)3)57(87)75-44(28-23-34-68-60(65)66)55(85)76-45(58(88)89)30-31-48(62)78;3-2(4,5)1(6)7/h16-18,24-25,38-40,42-47H,6-15,19-23,26-37,61H2,1-5H3,(H2,62,78)(H,69,83)(H,70,80)(H,71,86)(H,72,79)(H,73,82)(H,74,84)(H,75,87)(H,76,85)(H,77,81)(H,88,89)(H4,63,64,67)(H4,65,66,68);(H,6,7)/t39-,40-,42-,43-,44-,45-,46-,47-;/m0./s1. The molecule has 1 rings (SSSR count). The number of unbranched alkanes of at least 4 members (excludes halogenated alkanes) is 11. The Morgan fingerprint density at radius 1 is 0.469 bits per heavy atom. The number of hydrogen-bond acceptors (Lipinski definition) is 15. The van der Waals surface area contributed by atoms with Crippen LogP contribution in [0.4, 0.5) is 13.2 Å². The second-order valence-electron chi connectivity index (χ2n) is 23.6. The molecular formula is C62H106F3N17O14. The number of halogens is 3. The lowest BCUT2D eigenvalue weighted by molar-refractivity contribution is -0.192. The Labute approximate surface area is 559 Å². The molecule has 23 N–H and O–H groups in total. The van der Waals surface area contributed by atoms with Crippen LogP contribution in [0.25, 0.3) is 0 Å². The van der Waals surface area contributed by atoms with E-state index in [0.717, 1.165) is 31.2 Å². The molecule has 0 saturated carbocycles.